The van der Waals surface area contributed by atoms with Crippen LogP contribution in [0.5, 0.6) is 0 Å². The first-order valence-corrected chi connectivity index (χ1v) is 9.29. The van der Waals surface area contributed by atoms with Gasteiger partial charge in [-0.2, -0.15) is 0 Å². The Balaban J connectivity index is 2.05. The molecule has 0 fully saturated rings. The molecule has 0 bridgehead atoms. The average molecular weight is 351 g/mol. The summed E-state index contributed by atoms with van der Waals surface area (Å²) in [5.41, 5.74) is 2.78. The van der Waals surface area contributed by atoms with Gasteiger partial charge in [-0.1, -0.05) is 11.2 Å². The van der Waals surface area contributed by atoms with Gasteiger partial charge in [0.2, 0.25) is 15.9 Å². The quantitative estimate of drug-likeness (QED) is 0.862. The lowest BCUT2D eigenvalue weighted by Gasteiger charge is -2.18. The maximum Gasteiger partial charge on any atom is 0.233 e. The number of sulfonamides is 1. The van der Waals surface area contributed by atoms with E-state index in [-0.39, 0.29) is 24.7 Å². The lowest BCUT2D eigenvalue weighted by molar-refractivity contribution is -0.116. The van der Waals surface area contributed by atoms with Crippen molar-refractivity contribution in [2.75, 3.05) is 22.4 Å². The van der Waals surface area contributed by atoms with Gasteiger partial charge in [0.15, 0.2) is 5.82 Å². The van der Waals surface area contributed by atoms with Crippen LogP contribution in [0.1, 0.15) is 23.3 Å². The Labute approximate surface area is 141 Å². The first-order chi connectivity index (χ1) is 11.1. The number of carbonyl (C=O) groups is 1. The van der Waals surface area contributed by atoms with Crippen molar-refractivity contribution >= 4 is 27.4 Å². The molecule has 0 aliphatic carbocycles. The molecule has 1 heterocycles. The van der Waals surface area contributed by atoms with Crippen molar-refractivity contribution < 1.29 is 17.7 Å². The van der Waals surface area contributed by atoms with E-state index in [0.29, 0.717) is 11.4 Å². The third kappa shape index (κ3) is 4.82. The van der Waals surface area contributed by atoms with Crippen LogP contribution in [0.15, 0.2) is 28.8 Å². The molecular formula is C16H21N3O4S. The fourth-order valence-electron chi connectivity index (χ4n) is 2.39. The average Bonchev–Trinajstić information content (AvgIpc) is 2.82. The summed E-state index contributed by atoms with van der Waals surface area (Å²) in [4.78, 5) is 12.1. The van der Waals surface area contributed by atoms with Crippen molar-refractivity contribution in [2.45, 2.75) is 27.2 Å². The number of anilines is 2. The summed E-state index contributed by atoms with van der Waals surface area (Å²) in [5, 5.41) is 6.49. The van der Waals surface area contributed by atoms with Crippen LogP contribution in [0.25, 0.3) is 0 Å². The zero-order valence-electron chi connectivity index (χ0n) is 14.2. The summed E-state index contributed by atoms with van der Waals surface area (Å²) in [6.07, 6.45) is 1.07. The van der Waals surface area contributed by atoms with Crippen LogP contribution in [0, 0.1) is 20.8 Å². The highest BCUT2D eigenvalue weighted by molar-refractivity contribution is 7.92. The number of aromatic nitrogens is 1. The van der Waals surface area contributed by atoms with Crippen molar-refractivity contribution in [1.82, 2.24) is 5.16 Å². The minimum Gasteiger partial charge on any atom is -0.360 e. The largest absolute Gasteiger partial charge is 0.360 e. The fraction of sp³-hybridized carbons (Fsp3) is 0.375. The standard InChI is InChI=1S/C16H21N3O4S/c1-11-7-12(2)9-14(8-11)17-16(20)5-6-19(24(4,21)22)15-10-13(3)23-18-15/h7-10H,5-6H2,1-4H3,(H,17,20). The van der Waals surface area contributed by atoms with Crippen LogP contribution in [0.4, 0.5) is 11.5 Å². The predicted molar refractivity (Wildman–Crippen MR) is 92.6 cm³/mol. The van der Waals surface area contributed by atoms with Gasteiger partial charge in [-0.15, -0.1) is 0 Å². The van der Waals surface area contributed by atoms with Gasteiger partial charge < -0.3 is 9.84 Å². The maximum atomic E-state index is 12.1. The molecule has 7 nitrogen and oxygen atoms in total. The molecule has 2 rings (SSSR count). The topological polar surface area (TPSA) is 92.5 Å². The Hall–Kier alpha value is -2.35. The molecule has 0 radical (unpaired) electrons. The number of rotatable bonds is 6. The van der Waals surface area contributed by atoms with E-state index in [1.807, 2.05) is 32.0 Å². The van der Waals surface area contributed by atoms with Crippen molar-refractivity contribution in [3.05, 3.63) is 41.2 Å². The van der Waals surface area contributed by atoms with E-state index in [0.717, 1.165) is 21.7 Å². The maximum absolute atomic E-state index is 12.1. The number of hydrogen-bond acceptors (Lipinski definition) is 5. The van der Waals surface area contributed by atoms with Gasteiger partial charge in [0.1, 0.15) is 5.76 Å². The highest BCUT2D eigenvalue weighted by Crippen LogP contribution is 2.18. The van der Waals surface area contributed by atoms with E-state index in [9.17, 15) is 13.2 Å². The summed E-state index contributed by atoms with van der Waals surface area (Å²) in [6, 6.07) is 7.25. The van der Waals surface area contributed by atoms with Gasteiger partial charge in [0.25, 0.3) is 0 Å². The van der Waals surface area contributed by atoms with E-state index < -0.39 is 10.0 Å². The normalized spacial score (nSPS) is 11.3. The molecule has 2 aromatic rings. The van der Waals surface area contributed by atoms with Crippen molar-refractivity contribution in [1.29, 1.82) is 0 Å². The molecule has 0 aliphatic heterocycles. The van der Waals surface area contributed by atoms with Crippen molar-refractivity contribution in [3.63, 3.8) is 0 Å². The number of nitrogens with one attached hydrogen (secondary N) is 1. The fourth-order valence-corrected chi connectivity index (χ4v) is 3.24. The minimum atomic E-state index is -3.56. The van der Waals surface area contributed by atoms with E-state index in [4.69, 9.17) is 4.52 Å². The van der Waals surface area contributed by atoms with Crippen LogP contribution >= 0.6 is 0 Å². The van der Waals surface area contributed by atoms with Gasteiger partial charge in [0.05, 0.1) is 6.26 Å². The number of nitrogens with zero attached hydrogens (tertiary/aromatic N) is 2. The second-order valence-corrected chi connectivity index (χ2v) is 7.71. The molecule has 0 atom stereocenters. The smallest absolute Gasteiger partial charge is 0.233 e. The van der Waals surface area contributed by atoms with Crippen LogP contribution in [-0.2, 0) is 14.8 Å². The molecule has 1 aromatic heterocycles. The number of amides is 1. The van der Waals surface area contributed by atoms with Gasteiger partial charge in [0, 0.05) is 24.7 Å². The van der Waals surface area contributed by atoms with Gasteiger partial charge >= 0.3 is 0 Å². The molecule has 0 aliphatic rings. The lowest BCUT2D eigenvalue weighted by Crippen LogP contribution is -2.33. The van der Waals surface area contributed by atoms with Crippen molar-refractivity contribution in [3.8, 4) is 0 Å². The molecule has 0 saturated heterocycles. The predicted octanol–water partition coefficient (Wildman–Crippen LogP) is 2.39. The highest BCUT2D eigenvalue weighted by Gasteiger charge is 2.21. The molecular weight excluding hydrogens is 330 g/mol. The van der Waals surface area contributed by atoms with E-state index >= 15 is 0 Å². The van der Waals surface area contributed by atoms with Crippen LogP contribution < -0.4 is 9.62 Å². The Morgan fingerprint density at radius 2 is 1.79 bits per heavy atom. The van der Waals surface area contributed by atoms with E-state index in [1.165, 1.54) is 6.07 Å². The molecule has 8 heteroatoms. The van der Waals surface area contributed by atoms with Gasteiger partial charge in [-0.25, -0.2) is 8.42 Å². The zero-order valence-corrected chi connectivity index (χ0v) is 15.0. The minimum absolute atomic E-state index is 0.00592. The molecule has 130 valence electrons. The number of carbonyl (C=O) groups excluding carboxylic acids is 1. The van der Waals surface area contributed by atoms with Gasteiger partial charge in [-0.3, -0.25) is 9.10 Å². The summed E-state index contributed by atoms with van der Waals surface area (Å²) < 4.78 is 29.8. The second kappa shape index (κ2) is 7.04. The highest BCUT2D eigenvalue weighted by atomic mass is 32.2. The second-order valence-electron chi connectivity index (χ2n) is 5.81. The SMILES string of the molecule is Cc1cc(C)cc(NC(=O)CCN(c2cc(C)on2)S(C)(=O)=O)c1. The van der Waals surface area contributed by atoms with Crippen molar-refractivity contribution in [2.24, 2.45) is 0 Å². The Kier molecular flexibility index (Phi) is 5.28. The first-order valence-electron chi connectivity index (χ1n) is 7.44. The summed E-state index contributed by atoms with van der Waals surface area (Å²) in [5.74, 6) is 0.404. The number of hydrogen-bond donors (Lipinski definition) is 1. The Morgan fingerprint density at radius 3 is 2.29 bits per heavy atom. The third-order valence-electron chi connectivity index (χ3n) is 3.32. The molecule has 24 heavy (non-hydrogen) atoms. The first kappa shape index (κ1) is 18.0. The zero-order chi connectivity index (χ0) is 17.9. The molecule has 1 aromatic carbocycles. The summed E-state index contributed by atoms with van der Waals surface area (Å²) in [7, 11) is -3.56. The molecule has 1 amide bonds. The number of aryl methyl sites for hydroxylation is 3. The Morgan fingerprint density at radius 1 is 1.17 bits per heavy atom. The lowest BCUT2D eigenvalue weighted by atomic mass is 10.1. The number of benzene rings is 1. The Bertz CT molecular complexity index is 823. The molecule has 0 unspecified atom stereocenters. The van der Waals surface area contributed by atoms with Crippen LogP contribution in [0.3, 0.4) is 0 Å². The van der Waals surface area contributed by atoms with Gasteiger partial charge in [-0.05, 0) is 44.0 Å². The summed E-state index contributed by atoms with van der Waals surface area (Å²) in [6.45, 7) is 5.55. The molecule has 0 saturated carbocycles. The molecule has 0 spiro atoms. The van der Waals surface area contributed by atoms with Crippen LogP contribution in [-0.4, -0.2) is 32.3 Å². The summed E-state index contributed by atoms with van der Waals surface area (Å²) >= 11 is 0. The third-order valence-corrected chi connectivity index (χ3v) is 4.49. The van der Waals surface area contributed by atoms with E-state index in [1.54, 1.807) is 6.92 Å². The van der Waals surface area contributed by atoms with E-state index in [2.05, 4.69) is 10.5 Å². The van der Waals surface area contributed by atoms with Crippen LogP contribution in [0.2, 0.25) is 0 Å². The molecule has 1 N–H and O–H groups in total. The monoisotopic (exact) mass is 351 g/mol.